The van der Waals surface area contributed by atoms with E-state index in [0.717, 1.165) is 18.5 Å². The van der Waals surface area contributed by atoms with Crippen molar-refractivity contribution < 1.29 is 4.42 Å². The van der Waals surface area contributed by atoms with Crippen LogP contribution in [0.2, 0.25) is 0 Å². The summed E-state index contributed by atoms with van der Waals surface area (Å²) in [6.07, 6.45) is 4.59. The standard InChI is InChI=1S/C12H17N5O/c1-2-5-14-9-11-16-17-12(18-11)15-8-10-3-6-13-7-4-10/h3-4,6-7,14H,2,5,8-9H2,1H3,(H,15,17). The summed E-state index contributed by atoms with van der Waals surface area (Å²) in [4.78, 5) is 3.96. The van der Waals surface area contributed by atoms with Gasteiger partial charge in [-0.3, -0.25) is 4.98 Å². The lowest BCUT2D eigenvalue weighted by atomic mass is 10.3. The number of nitrogens with zero attached hydrogens (tertiary/aromatic N) is 3. The molecule has 0 saturated carbocycles. The summed E-state index contributed by atoms with van der Waals surface area (Å²) in [5.41, 5.74) is 1.12. The highest BCUT2D eigenvalue weighted by molar-refractivity contribution is 5.21. The first-order chi connectivity index (χ1) is 8.88. The molecule has 2 N–H and O–H groups in total. The number of nitrogens with one attached hydrogen (secondary N) is 2. The van der Waals surface area contributed by atoms with E-state index in [1.54, 1.807) is 12.4 Å². The van der Waals surface area contributed by atoms with Crippen LogP contribution < -0.4 is 10.6 Å². The van der Waals surface area contributed by atoms with Gasteiger partial charge in [-0.25, -0.2) is 0 Å². The summed E-state index contributed by atoms with van der Waals surface area (Å²) in [5, 5.41) is 14.2. The second-order valence-electron chi connectivity index (χ2n) is 3.89. The van der Waals surface area contributed by atoms with Gasteiger partial charge in [-0.2, -0.15) is 0 Å². The maximum atomic E-state index is 5.44. The molecule has 0 saturated heterocycles. The van der Waals surface area contributed by atoms with Crippen LogP contribution in [-0.2, 0) is 13.1 Å². The molecule has 0 atom stereocenters. The van der Waals surface area contributed by atoms with Crippen LogP contribution in [-0.4, -0.2) is 21.7 Å². The van der Waals surface area contributed by atoms with Crippen molar-refractivity contribution in [3.05, 3.63) is 36.0 Å². The topological polar surface area (TPSA) is 75.9 Å². The fraction of sp³-hybridized carbons (Fsp3) is 0.417. The van der Waals surface area contributed by atoms with E-state index in [4.69, 9.17) is 4.42 Å². The van der Waals surface area contributed by atoms with Gasteiger partial charge >= 0.3 is 6.01 Å². The molecule has 0 aliphatic rings. The summed E-state index contributed by atoms with van der Waals surface area (Å²) in [6, 6.07) is 4.32. The van der Waals surface area contributed by atoms with Gasteiger partial charge in [0.1, 0.15) is 0 Å². The third kappa shape index (κ3) is 3.81. The van der Waals surface area contributed by atoms with Crippen molar-refractivity contribution in [2.45, 2.75) is 26.4 Å². The minimum Gasteiger partial charge on any atom is -0.407 e. The molecule has 0 aliphatic heterocycles. The summed E-state index contributed by atoms with van der Waals surface area (Å²) >= 11 is 0. The fourth-order valence-electron chi connectivity index (χ4n) is 1.45. The van der Waals surface area contributed by atoms with Crippen molar-refractivity contribution in [3.63, 3.8) is 0 Å². The van der Waals surface area contributed by atoms with Gasteiger partial charge in [-0.15, -0.1) is 5.10 Å². The van der Waals surface area contributed by atoms with Crippen LogP contribution in [0.1, 0.15) is 24.8 Å². The van der Waals surface area contributed by atoms with Gasteiger partial charge in [0.15, 0.2) is 0 Å². The van der Waals surface area contributed by atoms with Crippen LogP contribution in [0.25, 0.3) is 0 Å². The van der Waals surface area contributed by atoms with Crippen LogP contribution in [0, 0.1) is 0 Å². The van der Waals surface area contributed by atoms with E-state index in [2.05, 4.69) is 32.7 Å². The van der Waals surface area contributed by atoms with Gasteiger partial charge < -0.3 is 15.1 Å². The van der Waals surface area contributed by atoms with Crippen molar-refractivity contribution >= 4 is 6.01 Å². The van der Waals surface area contributed by atoms with Crippen LogP contribution >= 0.6 is 0 Å². The van der Waals surface area contributed by atoms with E-state index in [1.165, 1.54) is 0 Å². The van der Waals surface area contributed by atoms with Crippen LogP contribution in [0.4, 0.5) is 6.01 Å². The van der Waals surface area contributed by atoms with Gasteiger partial charge in [0.05, 0.1) is 6.54 Å². The van der Waals surface area contributed by atoms with Gasteiger partial charge in [0, 0.05) is 18.9 Å². The van der Waals surface area contributed by atoms with Crippen molar-refractivity contribution in [1.29, 1.82) is 0 Å². The second kappa shape index (κ2) is 6.70. The van der Waals surface area contributed by atoms with Crippen LogP contribution in [0.3, 0.4) is 0 Å². The molecule has 2 aromatic rings. The predicted octanol–water partition coefficient (Wildman–Crippen LogP) is 1.58. The smallest absolute Gasteiger partial charge is 0.315 e. The fourth-order valence-corrected chi connectivity index (χ4v) is 1.45. The average molecular weight is 247 g/mol. The Morgan fingerprint density at radius 1 is 1.17 bits per heavy atom. The maximum Gasteiger partial charge on any atom is 0.315 e. The number of aromatic nitrogens is 3. The quantitative estimate of drug-likeness (QED) is 0.723. The van der Waals surface area contributed by atoms with Crippen molar-refractivity contribution in [1.82, 2.24) is 20.5 Å². The molecule has 2 rings (SSSR count). The molecule has 0 aliphatic carbocycles. The zero-order valence-electron chi connectivity index (χ0n) is 10.4. The highest BCUT2D eigenvalue weighted by atomic mass is 16.4. The zero-order chi connectivity index (χ0) is 12.6. The van der Waals surface area contributed by atoms with E-state index < -0.39 is 0 Å². The number of hydrogen-bond acceptors (Lipinski definition) is 6. The summed E-state index contributed by atoms with van der Waals surface area (Å²) in [7, 11) is 0. The molecule has 0 unspecified atom stereocenters. The van der Waals surface area contributed by atoms with Gasteiger partial charge in [-0.05, 0) is 30.7 Å². The Labute approximate surface area is 106 Å². The second-order valence-corrected chi connectivity index (χ2v) is 3.89. The molecule has 0 bridgehead atoms. The maximum absolute atomic E-state index is 5.44. The minimum atomic E-state index is 0.445. The van der Waals surface area contributed by atoms with Crippen molar-refractivity contribution in [2.75, 3.05) is 11.9 Å². The number of pyridine rings is 1. The van der Waals surface area contributed by atoms with Gasteiger partial charge in [-0.1, -0.05) is 12.0 Å². The van der Waals surface area contributed by atoms with E-state index in [0.29, 0.717) is 25.0 Å². The number of rotatable bonds is 7. The Morgan fingerprint density at radius 3 is 2.78 bits per heavy atom. The lowest BCUT2D eigenvalue weighted by molar-refractivity contribution is 0.477. The minimum absolute atomic E-state index is 0.445. The Morgan fingerprint density at radius 2 is 2.00 bits per heavy atom. The van der Waals surface area contributed by atoms with Gasteiger partial charge in [0.2, 0.25) is 5.89 Å². The molecular weight excluding hydrogens is 230 g/mol. The first-order valence-electron chi connectivity index (χ1n) is 6.04. The zero-order valence-corrected chi connectivity index (χ0v) is 10.4. The van der Waals surface area contributed by atoms with E-state index in [9.17, 15) is 0 Å². The molecular formula is C12H17N5O. The summed E-state index contributed by atoms with van der Waals surface area (Å²) in [5.74, 6) is 0.598. The third-order valence-electron chi connectivity index (χ3n) is 2.36. The predicted molar refractivity (Wildman–Crippen MR) is 67.9 cm³/mol. The average Bonchev–Trinajstić information content (AvgIpc) is 2.86. The van der Waals surface area contributed by atoms with Crippen LogP contribution in [0.5, 0.6) is 0 Å². The third-order valence-corrected chi connectivity index (χ3v) is 2.36. The highest BCUT2D eigenvalue weighted by Crippen LogP contribution is 2.07. The molecule has 0 radical (unpaired) electrons. The normalized spacial score (nSPS) is 10.5. The molecule has 6 heteroatoms. The summed E-state index contributed by atoms with van der Waals surface area (Å²) in [6.45, 7) is 4.31. The van der Waals surface area contributed by atoms with Gasteiger partial charge in [0.25, 0.3) is 0 Å². The Bertz CT molecular complexity index is 457. The first-order valence-corrected chi connectivity index (χ1v) is 6.04. The molecule has 2 heterocycles. The molecule has 0 fully saturated rings. The number of hydrogen-bond donors (Lipinski definition) is 2. The molecule has 18 heavy (non-hydrogen) atoms. The highest BCUT2D eigenvalue weighted by Gasteiger charge is 2.04. The molecule has 0 amide bonds. The Kier molecular flexibility index (Phi) is 4.66. The van der Waals surface area contributed by atoms with Crippen LogP contribution in [0.15, 0.2) is 28.9 Å². The lowest BCUT2D eigenvalue weighted by Crippen LogP contribution is -2.13. The molecule has 0 spiro atoms. The van der Waals surface area contributed by atoms with E-state index in [1.807, 2.05) is 12.1 Å². The summed E-state index contributed by atoms with van der Waals surface area (Å²) < 4.78 is 5.44. The van der Waals surface area contributed by atoms with Crippen molar-refractivity contribution in [2.24, 2.45) is 0 Å². The molecule has 96 valence electrons. The largest absolute Gasteiger partial charge is 0.407 e. The Hall–Kier alpha value is -1.95. The number of anilines is 1. The molecule has 6 nitrogen and oxygen atoms in total. The monoisotopic (exact) mass is 247 g/mol. The first kappa shape index (κ1) is 12.5. The SMILES string of the molecule is CCCNCc1nnc(NCc2ccncc2)o1. The molecule has 0 aromatic carbocycles. The lowest BCUT2D eigenvalue weighted by Gasteiger charge is -2.00. The Balaban J connectivity index is 1.80. The van der Waals surface area contributed by atoms with Crippen molar-refractivity contribution in [3.8, 4) is 0 Å². The van der Waals surface area contributed by atoms with E-state index >= 15 is 0 Å². The van der Waals surface area contributed by atoms with E-state index in [-0.39, 0.29) is 0 Å². The molecule has 2 aromatic heterocycles.